The highest BCUT2D eigenvalue weighted by Gasteiger charge is 2.15. The summed E-state index contributed by atoms with van der Waals surface area (Å²) in [7, 11) is 1.56. The van der Waals surface area contributed by atoms with E-state index in [1.165, 1.54) is 23.1 Å². The molecule has 128 valence electrons. The molecule has 0 bridgehead atoms. The Balaban J connectivity index is 2.18. The number of benzene rings is 1. The van der Waals surface area contributed by atoms with E-state index in [9.17, 15) is 14.0 Å². The van der Waals surface area contributed by atoms with Crippen molar-refractivity contribution >= 4 is 34.5 Å². The standard InChI is InChI=1S/C17H12ClFN2O4/c1-21(8-15(22)23)14-5-4-11-12(7-16(24)25-17(11)20-14)10-3-2-9(19)6-13(10)18/h2-7H,8H2,1H3,(H,22,23). The third-order valence-electron chi connectivity index (χ3n) is 3.58. The lowest BCUT2D eigenvalue weighted by Crippen LogP contribution is -2.25. The Bertz CT molecular complexity index is 1030. The fourth-order valence-corrected chi connectivity index (χ4v) is 2.73. The number of aromatic nitrogens is 1. The van der Waals surface area contributed by atoms with Crippen molar-refractivity contribution in [3.8, 4) is 11.1 Å². The summed E-state index contributed by atoms with van der Waals surface area (Å²) in [6, 6.07) is 8.37. The number of hydrogen-bond acceptors (Lipinski definition) is 5. The highest BCUT2D eigenvalue weighted by atomic mass is 35.5. The molecule has 0 fully saturated rings. The molecule has 0 spiro atoms. The summed E-state index contributed by atoms with van der Waals surface area (Å²) in [6.07, 6.45) is 0. The van der Waals surface area contributed by atoms with E-state index in [1.807, 2.05) is 0 Å². The third-order valence-corrected chi connectivity index (χ3v) is 3.89. The Hall–Kier alpha value is -2.93. The van der Waals surface area contributed by atoms with Gasteiger partial charge in [0.15, 0.2) is 0 Å². The van der Waals surface area contributed by atoms with Gasteiger partial charge < -0.3 is 14.4 Å². The number of halogens is 2. The van der Waals surface area contributed by atoms with Gasteiger partial charge in [-0.1, -0.05) is 11.6 Å². The lowest BCUT2D eigenvalue weighted by Gasteiger charge is -2.16. The van der Waals surface area contributed by atoms with E-state index in [1.54, 1.807) is 19.2 Å². The van der Waals surface area contributed by atoms with Crippen LogP contribution in [0.2, 0.25) is 5.02 Å². The molecule has 2 aromatic heterocycles. The summed E-state index contributed by atoms with van der Waals surface area (Å²) < 4.78 is 18.4. The predicted octanol–water partition coefficient (Wildman–Crippen LogP) is 3.17. The van der Waals surface area contributed by atoms with Gasteiger partial charge in [0.05, 0.1) is 5.02 Å². The maximum Gasteiger partial charge on any atom is 0.338 e. The Labute approximate surface area is 146 Å². The quantitative estimate of drug-likeness (QED) is 0.767. The number of pyridine rings is 1. The summed E-state index contributed by atoms with van der Waals surface area (Å²) in [5, 5.41) is 9.51. The van der Waals surface area contributed by atoms with Gasteiger partial charge in [-0.25, -0.2) is 9.18 Å². The van der Waals surface area contributed by atoms with Gasteiger partial charge in [-0.05, 0) is 30.3 Å². The van der Waals surface area contributed by atoms with Crippen LogP contribution in [0.4, 0.5) is 10.2 Å². The Morgan fingerprint density at radius 3 is 2.72 bits per heavy atom. The maximum atomic E-state index is 13.3. The molecule has 0 atom stereocenters. The molecule has 25 heavy (non-hydrogen) atoms. The van der Waals surface area contributed by atoms with Crippen LogP contribution in [-0.2, 0) is 4.79 Å². The molecule has 0 unspecified atom stereocenters. The monoisotopic (exact) mass is 362 g/mol. The molecular formula is C17H12ClFN2O4. The molecule has 0 saturated heterocycles. The van der Waals surface area contributed by atoms with Crippen LogP contribution in [0.5, 0.6) is 0 Å². The number of carbonyl (C=O) groups is 1. The van der Waals surface area contributed by atoms with E-state index in [4.69, 9.17) is 21.1 Å². The van der Waals surface area contributed by atoms with E-state index in [0.717, 1.165) is 6.07 Å². The van der Waals surface area contributed by atoms with Crippen molar-refractivity contribution in [1.82, 2.24) is 4.98 Å². The van der Waals surface area contributed by atoms with E-state index in [2.05, 4.69) is 4.98 Å². The number of nitrogens with zero attached hydrogens (tertiary/aromatic N) is 2. The van der Waals surface area contributed by atoms with Crippen molar-refractivity contribution < 1.29 is 18.7 Å². The number of carboxylic acid groups (broad SMARTS) is 1. The minimum Gasteiger partial charge on any atom is -0.480 e. The normalized spacial score (nSPS) is 10.8. The van der Waals surface area contributed by atoms with Gasteiger partial charge in [-0.3, -0.25) is 4.79 Å². The van der Waals surface area contributed by atoms with Crippen molar-refractivity contribution in [2.45, 2.75) is 0 Å². The van der Waals surface area contributed by atoms with E-state index in [-0.39, 0.29) is 17.3 Å². The van der Waals surface area contributed by atoms with Crippen LogP contribution in [0.25, 0.3) is 22.2 Å². The van der Waals surface area contributed by atoms with Gasteiger partial charge in [0.2, 0.25) is 5.71 Å². The molecule has 2 heterocycles. The molecule has 0 aliphatic heterocycles. The molecule has 1 aromatic carbocycles. The van der Waals surface area contributed by atoms with E-state index in [0.29, 0.717) is 22.3 Å². The molecule has 3 rings (SSSR count). The summed E-state index contributed by atoms with van der Waals surface area (Å²) in [4.78, 5) is 28.3. The highest BCUT2D eigenvalue weighted by Crippen LogP contribution is 2.33. The fourth-order valence-electron chi connectivity index (χ4n) is 2.46. The average molecular weight is 363 g/mol. The molecule has 0 aliphatic rings. The molecule has 0 radical (unpaired) electrons. The number of aliphatic carboxylic acids is 1. The molecule has 8 heteroatoms. The number of carboxylic acids is 1. The van der Waals surface area contributed by atoms with Gasteiger partial charge >= 0.3 is 11.6 Å². The summed E-state index contributed by atoms with van der Waals surface area (Å²) in [6.45, 7) is -0.258. The van der Waals surface area contributed by atoms with Crippen LogP contribution in [-0.4, -0.2) is 29.7 Å². The zero-order chi connectivity index (χ0) is 18.1. The number of anilines is 1. The first-order valence-corrected chi connectivity index (χ1v) is 7.56. The molecule has 1 N–H and O–H groups in total. The lowest BCUT2D eigenvalue weighted by molar-refractivity contribution is -0.135. The summed E-state index contributed by atoms with van der Waals surface area (Å²) >= 11 is 6.09. The van der Waals surface area contributed by atoms with Crippen LogP contribution < -0.4 is 10.5 Å². The first kappa shape index (κ1) is 16.9. The minimum absolute atomic E-state index is 0.0395. The van der Waals surface area contributed by atoms with Crippen molar-refractivity contribution in [2.75, 3.05) is 18.5 Å². The lowest BCUT2D eigenvalue weighted by atomic mass is 10.0. The second-order valence-electron chi connectivity index (χ2n) is 5.38. The smallest absolute Gasteiger partial charge is 0.338 e. The van der Waals surface area contributed by atoms with Gasteiger partial charge in [0.1, 0.15) is 18.2 Å². The van der Waals surface area contributed by atoms with Crippen molar-refractivity contribution in [2.24, 2.45) is 0 Å². The van der Waals surface area contributed by atoms with Crippen molar-refractivity contribution in [1.29, 1.82) is 0 Å². The van der Waals surface area contributed by atoms with Crippen LogP contribution >= 0.6 is 11.6 Å². The number of fused-ring (bicyclic) bond motifs is 1. The molecule has 0 saturated carbocycles. The first-order valence-electron chi connectivity index (χ1n) is 7.18. The molecule has 0 amide bonds. The van der Waals surface area contributed by atoms with Gasteiger partial charge in [0.25, 0.3) is 0 Å². The maximum absolute atomic E-state index is 13.3. The number of likely N-dealkylation sites (N-methyl/N-ethyl adjacent to an activating group) is 1. The van der Waals surface area contributed by atoms with Crippen LogP contribution in [0.1, 0.15) is 0 Å². The summed E-state index contributed by atoms with van der Waals surface area (Å²) in [5.74, 6) is -1.17. The van der Waals surface area contributed by atoms with Crippen LogP contribution in [0.3, 0.4) is 0 Å². The van der Waals surface area contributed by atoms with Crippen LogP contribution in [0.15, 0.2) is 45.6 Å². The molecule has 3 aromatic rings. The van der Waals surface area contributed by atoms with Crippen molar-refractivity contribution in [3.05, 3.63) is 57.7 Å². The Morgan fingerprint density at radius 2 is 2.04 bits per heavy atom. The van der Waals surface area contributed by atoms with Crippen LogP contribution in [0, 0.1) is 5.82 Å². The zero-order valence-electron chi connectivity index (χ0n) is 13.0. The summed E-state index contributed by atoms with van der Waals surface area (Å²) in [5.41, 5.74) is 0.316. The average Bonchev–Trinajstić information content (AvgIpc) is 2.53. The van der Waals surface area contributed by atoms with Crippen molar-refractivity contribution in [3.63, 3.8) is 0 Å². The third kappa shape index (κ3) is 3.46. The Kier molecular flexibility index (Phi) is 4.41. The Morgan fingerprint density at radius 1 is 1.28 bits per heavy atom. The molecule has 0 aliphatic carbocycles. The predicted molar refractivity (Wildman–Crippen MR) is 91.6 cm³/mol. The second kappa shape index (κ2) is 6.52. The number of hydrogen-bond donors (Lipinski definition) is 1. The number of rotatable bonds is 4. The van der Waals surface area contributed by atoms with Gasteiger partial charge in [0, 0.05) is 29.6 Å². The first-order chi connectivity index (χ1) is 11.8. The van der Waals surface area contributed by atoms with Gasteiger partial charge in [-0.15, -0.1) is 0 Å². The molecule has 6 nitrogen and oxygen atoms in total. The second-order valence-corrected chi connectivity index (χ2v) is 5.78. The highest BCUT2D eigenvalue weighted by molar-refractivity contribution is 6.33. The van der Waals surface area contributed by atoms with E-state index < -0.39 is 17.4 Å². The topological polar surface area (TPSA) is 83.6 Å². The SMILES string of the molecule is CN(CC(=O)O)c1ccc2c(-c3ccc(F)cc3Cl)cc(=O)oc2n1. The van der Waals surface area contributed by atoms with Gasteiger partial charge in [-0.2, -0.15) is 4.98 Å². The fraction of sp³-hybridized carbons (Fsp3) is 0.118. The minimum atomic E-state index is -1.02. The van der Waals surface area contributed by atoms with E-state index >= 15 is 0 Å². The zero-order valence-corrected chi connectivity index (χ0v) is 13.7. The largest absolute Gasteiger partial charge is 0.480 e. The molecular weight excluding hydrogens is 351 g/mol.